The molecule has 2 aliphatic rings. The highest BCUT2D eigenvalue weighted by Crippen LogP contribution is 2.40. The van der Waals surface area contributed by atoms with Gasteiger partial charge in [-0.3, -0.25) is 9.59 Å². The maximum Gasteiger partial charge on any atom is 0.254 e. The van der Waals surface area contributed by atoms with Gasteiger partial charge < -0.3 is 9.80 Å². The Morgan fingerprint density at radius 3 is 2.43 bits per heavy atom. The summed E-state index contributed by atoms with van der Waals surface area (Å²) in [5, 5.41) is 0.174. The average Bonchev–Trinajstić information content (AvgIpc) is 3.08. The van der Waals surface area contributed by atoms with Crippen molar-refractivity contribution in [1.82, 2.24) is 4.90 Å². The molecule has 0 N–H and O–H groups in total. The van der Waals surface area contributed by atoms with E-state index in [0.29, 0.717) is 25.9 Å². The summed E-state index contributed by atoms with van der Waals surface area (Å²) in [6.07, 6.45) is 2.82. The van der Waals surface area contributed by atoms with Crippen LogP contribution in [0.2, 0.25) is 5.02 Å². The number of aryl methyl sites for hydroxylation is 1. The van der Waals surface area contributed by atoms with Crippen molar-refractivity contribution < 1.29 is 14.0 Å². The van der Waals surface area contributed by atoms with Crippen molar-refractivity contribution >= 4 is 29.1 Å². The number of carbonyl (C=O) groups excluding carboxylic acids is 2. The lowest BCUT2D eigenvalue weighted by Crippen LogP contribution is -2.61. The third-order valence-corrected chi connectivity index (χ3v) is 6.02. The molecular formula is C22H22ClFN2O2. The Balaban J connectivity index is 1.67. The van der Waals surface area contributed by atoms with Gasteiger partial charge in [0.1, 0.15) is 11.4 Å². The fraction of sp³-hybridized carbons (Fsp3) is 0.364. The second kappa shape index (κ2) is 7.21. The maximum absolute atomic E-state index is 13.8. The third-order valence-electron chi connectivity index (χ3n) is 5.80. The lowest BCUT2D eigenvalue weighted by atomic mass is 9.84. The first-order chi connectivity index (χ1) is 13.4. The van der Waals surface area contributed by atoms with E-state index >= 15 is 0 Å². The zero-order valence-corrected chi connectivity index (χ0v) is 16.5. The lowest BCUT2D eigenvalue weighted by molar-refractivity contribution is -0.130. The van der Waals surface area contributed by atoms with Gasteiger partial charge in [-0.1, -0.05) is 29.3 Å². The van der Waals surface area contributed by atoms with Gasteiger partial charge in [-0.15, -0.1) is 0 Å². The molecular weight excluding hydrogens is 379 g/mol. The first-order valence-electron chi connectivity index (χ1n) is 9.57. The Bertz CT molecular complexity index is 910. The Hall–Kier alpha value is -2.40. The number of halogens is 2. The number of anilines is 1. The predicted molar refractivity (Wildman–Crippen MR) is 107 cm³/mol. The average molecular weight is 401 g/mol. The molecule has 6 heteroatoms. The number of hydrogen-bond donors (Lipinski definition) is 0. The molecule has 2 saturated heterocycles. The van der Waals surface area contributed by atoms with E-state index in [1.807, 2.05) is 31.2 Å². The molecule has 2 aromatic rings. The molecule has 0 radical (unpaired) electrons. The van der Waals surface area contributed by atoms with Crippen LogP contribution in [-0.4, -0.2) is 35.3 Å². The van der Waals surface area contributed by atoms with E-state index in [0.717, 1.165) is 24.1 Å². The van der Waals surface area contributed by atoms with Crippen LogP contribution in [-0.2, 0) is 4.79 Å². The van der Waals surface area contributed by atoms with E-state index in [9.17, 15) is 14.0 Å². The van der Waals surface area contributed by atoms with E-state index in [1.54, 1.807) is 9.80 Å². The van der Waals surface area contributed by atoms with Crippen molar-refractivity contribution in [3.05, 3.63) is 64.4 Å². The van der Waals surface area contributed by atoms with Crippen LogP contribution in [0.5, 0.6) is 0 Å². The van der Waals surface area contributed by atoms with Crippen LogP contribution in [0.15, 0.2) is 42.5 Å². The summed E-state index contributed by atoms with van der Waals surface area (Å²) in [5.74, 6) is -0.936. The Morgan fingerprint density at radius 1 is 1.07 bits per heavy atom. The molecule has 0 bridgehead atoms. The van der Waals surface area contributed by atoms with Crippen LogP contribution in [0.4, 0.5) is 10.1 Å². The minimum atomic E-state index is -0.862. The van der Waals surface area contributed by atoms with E-state index in [1.165, 1.54) is 18.2 Å². The molecule has 2 fully saturated rings. The van der Waals surface area contributed by atoms with Crippen molar-refractivity contribution in [2.75, 3.05) is 18.0 Å². The zero-order valence-electron chi connectivity index (χ0n) is 15.8. The molecule has 2 heterocycles. The van der Waals surface area contributed by atoms with Gasteiger partial charge in [0, 0.05) is 29.4 Å². The molecule has 4 rings (SSSR count). The largest absolute Gasteiger partial charge is 0.324 e. The van der Waals surface area contributed by atoms with Crippen molar-refractivity contribution in [2.24, 2.45) is 0 Å². The molecule has 0 aliphatic carbocycles. The highest BCUT2D eigenvalue weighted by molar-refractivity contribution is 6.31. The van der Waals surface area contributed by atoms with Crippen molar-refractivity contribution in [1.29, 1.82) is 0 Å². The van der Waals surface area contributed by atoms with E-state index in [2.05, 4.69) is 0 Å². The van der Waals surface area contributed by atoms with Gasteiger partial charge in [0.2, 0.25) is 0 Å². The molecule has 28 heavy (non-hydrogen) atoms. The number of carbonyl (C=O) groups is 2. The van der Waals surface area contributed by atoms with Crippen molar-refractivity contribution in [2.45, 2.75) is 38.1 Å². The van der Waals surface area contributed by atoms with Crippen molar-refractivity contribution in [3.8, 4) is 0 Å². The number of amides is 2. The summed E-state index contributed by atoms with van der Waals surface area (Å²) in [6.45, 7) is 3.13. The number of rotatable bonds is 2. The fourth-order valence-electron chi connectivity index (χ4n) is 4.45. The van der Waals surface area contributed by atoms with Crippen LogP contribution in [0.25, 0.3) is 0 Å². The summed E-state index contributed by atoms with van der Waals surface area (Å²) in [5.41, 5.74) is 1.30. The summed E-state index contributed by atoms with van der Waals surface area (Å²) < 4.78 is 13.8. The van der Waals surface area contributed by atoms with Gasteiger partial charge >= 0.3 is 0 Å². The third kappa shape index (κ3) is 3.18. The fourth-order valence-corrected chi connectivity index (χ4v) is 4.67. The summed E-state index contributed by atoms with van der Waals surface area (Å²) in [7, 11) is 0. The zero-order chi connectivity index (χ0) is 19.9. The minimum absolute atomic E-state index is 0.0454. The van der Waals surface area contributed by atoms with Crippen LogP contribution in [0.3, 0.4) is 0 Å². The van der Waals surface area contributed by atoms with Gasteiger partial charge in [0.25, 0.3) is 11.8 Å². The Labute approximate surface area is 168 Å². The molecule has 1 atom stereocenters. The minimum Gasteiger partial charge on any atom is -0.324 e. The topological polar surface area (TPSA) is 40.6 Å². The summed E-state index contributed by atoms with van der Waals surface area (Å²) >= 11 is 5.94. The molecule has 0 aromatic heterocycles. The van der Waals surface area contributed by atoms with Gasteiger partial charge in [0.05, 0.1) is 0 Å². The predicted octanol–water partition coefficient (Wildman–Crippen LogP) is 4.59. The van der Waals surface area contributed by atoms with Crippen LogP contribution < -0.4 is 4.90 Å². The Morgan fingerprint density at radius 2 is 1.75 bits per heavy atom. The molecule has 1 spiro atoms. The molecule has 1 unspecified atom stereocenters. The molecule has 4 nitrogen and oxygen atoms in total. The maximum atomic E-state index is 13.8. The Kier molecular flexibility index (Phi) is 4.88. The standard InChI is InChI=1S/C22H22ClFN2O2/c1-15-4-6-19(7-5-15)25-10-2-8-22(21(25)28)9-3-11-26(22)20(27)16-12-17(23)14-18(24)13-16/h4-7,12-14H,2-3,8-11H2,1H3. The van der Waals surface area contributed by atoms with Crippen LogP contribution in [0, 0.1) is 12.7 Å². The highest BCUT2D eigenvalue weighted by atomic mass is 35.5. The summed E-state index contributed by atoms with van der Waals surface area (Å²) in [4.78, 5) is 30.2. The normalized spacial score (nSPS) is 22.2. The molecule has 0 saturated carbocycles. The molecule has 2 aromatic carbocycles. The van der Waals surface area contributed by atoms with Crippen LogP contribution in [0.1, 0.15) is 41.6 Å². The van der Waals surface area contributed by atoms with Gasteiger partial charge in [-0.05, 0) is 62.9 Å². The number of likely N-dealkylation sites (tertiary alicyclic amines) is 1. The number of hydrogen-bond acceptors (Lipinski definition) is 2. The number of benzene rings is 2. The van der Waals surface area contributed by atoms with E-state index in [-0.39, 0.29) is 22.4 Å². The van der Waals surface area contributed by atoms with Gasteiger partial charge in [-0.2, -0.15) is 0 Å². The molecule has 2 aliphatic heterocycles. The van der Waals surface area contributed by atoms with Gasteiger partial charge in [-0.25, -0.2) is 4.39 Å². The SMILES string of the molecule is Cc1ccc(N2CCCC3(CCCN3C(=O)c3cc(F)cc(Cl)c3)C2=O)cc1. The van der Waals surface area contributed by atoms with E-state index in [4.69, 9.17) is 11.6 Å². The van der Waals surface area contributed by atoms with Gasteiger partial charge in [0.15, 0.2) is 0 Å². The van der Waals surface area contributed by atoms with Crippen LogP contribution >= 0.6 is 11.6 Å². The lowest BCUT2D eigenvalue weighted by Gasteiger charge is -2.44. The first-order valence-corrected chi connectivity index (χ1v) is 9.95. The first kappa shape index (κ1) is 18.9. The van der Waals surface area contributed by atoms with Crippen molar-refractivity contribution in [3.63, 3.8) is 0 Å². The number of piperidine rings is 1. The monoisotopic (exact) mass is 400 g/mol. The second-order valence-electron chi connectivity index (χ2n) is 7.65. The highest BCUT2D eigenvalue weighted by Gasteiger charge is 2.53. The molecule has 2 amide bonds. The molecule has 146 valence electrons. The second-order valence-corrected chi connectivity index (χ2v) is 8.08. The smallest absolute Gasteiger partial charge is 0.254 e. The van der Waals surface area contributed by atoms with E-state index < -0.39 is 11.4 Å². The summed E-state index contributed by atoms with van der Waals surface area (Å²) in [6, 6.07) is 11.7. The number of nitrogens with zero attached hydrogens (tertiary/aromatic N) is 2. The quantitative estimate of drug-likeness (QED) is 0.739.